The SMILES string of the molecule is CC1(C2CCC3C4C[C@@H](OC(=O)c5ccccc5)[C@@H]5CC6(CCC5(C)C4[C@H](O[Si](C)(C)C(C)(C)C)CC32C)OCCO6)OCCO1. The van der Waals surface area contributed by atoms with Gasteiger partial charge >= 0.3 is 5.97 Å². The molecule has 0 N–H and O–H groups in total. The van der Waals surface area contributed by atoms with Crippen LogP contribution in [0.1, 0.15) is 96.8 Å². The van der Waals surface area contributed by atoms with E-state index in [9.17, 15) is 4.79 Å². The third kappa shape index (κ3) is 5.27. The molecule has 0 radical (unpaired) electrons. The Morgan fingerprint density at radius 3 is 2.13 bits per heavy atom. The smallest absolute Gasteiger partial charge is 0.338 e. The van der Waals surface area contributed by atoms with Crippen molar-refractivity contribution in [1.29, 1.82) is 0 Å². The Kier molecular flexibility index (Phi) is 8.21. The maximum Gasteiger partial charge on any atom is 0.338 e. The minimum Gasteiger partial charge on any atom is -0.458 e. The third-order valence-electron chi connectivity index (χ3n) is 14.4. The van der Waals surface area contributed by atoms with Crippen molar-refractivity contribution >= 4 is 14.3 Å². The molecule has 7 rings (SSSR count). The molecule has 9 atom stereocenters. The molecule has 6 fully saturated rings. The van der Waals surface area contributed by atoms with E-state index in [1.165, 1.54) is 0 Å². The fourth-order valence-electron chi connectivity index (χ4n) is 11.2. The van der Waals surface area contributed by atoms with E-state index in [1.54, 1.807) is 0 Å². The van der Waals surface area contributed by atoms with Crippen molar-refractivity contribution in [3.05, 3.63) is 35.9 Å². The lowest BCUT2D eigenvalue weighted by Gasteiger charge is -2.66. The summed E-state index contributed by atoms with van der Waals surface area (Å²) in [4.78, 5) is 13.7. The number of hydrogen-bond donors (Lipinski definition) is 0. The second-order valence-electron chi connectivity index (χ2n) is 17.7. The Balaban J connectivity index is 1.30. The zero-order valence-electron chi connectivity index (χ0n) is 29.6. The predicted octanol–water partition coefficient (Wildman–Crippen LogP) is 7.99. The minimum atomic E-state index is -2.12. The van der Waals surface area contributed by atoms with Gasteiger partial charge in [-0.15, -0.1) is 0 Å². The number of carbonyl (C=O) groups excluding carboxylic acids is 1. The lowest BCUT2D eigenvalue weighted by Crippen LogP contribution is -2.66. The van der Waals surface area contributed by atoms with E-state index in [4.69, 9.17) is 28.1 Å². The average Bonchev–Trinajstić information content (AvgIpc) is 3.72. The molecule has 4 saturated carbocycles. The van der Waals surface area contributed by atoms with E-state index in [0.717, 1.165) is 44.9 Å². The van der Waals surface area contributed by atoms with Crippen molar-refractivity contribution < 1.29 is 32.9 Å². The van der Waals surface area contributed by atoms with Crippen molar-refractivity contribution in [2.45, 2.75) is 128 Å². The molecule has 8 heteroatoms. The van der Waals surface area contributed by atoms with Gasteiger partial charge < -0.3 is 28.1 Å². The molecular formula is C38H58O7Si. The zero-order valence-corrected chi connectivity index (χ0v) is 30.6. The Morgan fingerprint density at radius 1 is 0.826 bits per heavy atom. The number of carbonyl (C=O) groups is 1. The van der Waals surface area contributed by atoms with Crippen LogP contribution in [0.2, 0.25) is 18.1 Å². The standard InChI is InChI=1S/C38H58O7Si/c1-34(2,3)46(7,8)45-30-24-36(5)27(14-15-31(36)37(6)40-18-19-41-37)26-22-29(44-33(39)25-12-10-9-11-13-25)28-23-38(42-20-21-43-38)17-16-35(28,4)32(26)30/h9-13,26-32H,14-24H2,1-8H3/t26?,27?,28-,29+,30+,31?,32?,35?,36?/m0/s1. The molecule has 2 heterocycles. The molecule has 6 aliphatic rings. The summed E-state index contributed by atoms with van der Waals surface area (Å²) < 4.78 is 39.8. The minimum absolute atomic E-state index is 0.00195. The summed E-state index contributed by atoms with van der Waals surface area (Å²) in [6, 6.07) is 9.50. The van der Waals surface area contributed by atoms with Crippen LogP contribution in [0, 0.1) is 40.4 Å². The fraction of sp³-hybridized carbons (Fsp3) is 0.816. The van der Waals surface area contributed by atoms with E-state index >= 15 is 0 Å². The van der Waals surface area contributed by atoms with Crippen molar-refractivity contribution in [3.8, 4) is 0 Å². The van der Waals surface area contributed by atoms with Gasteiger partial charge in [0.2, 0.25) is 0 Å². The number of ether oxygens (including phenoxy) is 5. The summed E-state index contributed by atoms with van der Waals surface area (Å²) in [5.41, 5.74) is 0.530. The summed E-state index contributed by atoms with van der Waals surface area (Å²) in [6.07, 6.45) is 6.63. The normalized spacial score (nSPS) is 41.5. The van der Waals surface area contributed by atoms with Crippen LogP contribution in [0.5, 0.6) is 0 Å². The van der Waals surface area contributed by atoms with E-state index in [-0.39, 0.29) is 40.0 Å². The monoisotopic (exact) mass is 654 g/mol. The Labute approximate surface area is 277 Å². The van der Waals surface area contributed by atoms with Crippen LogP contribution in [0.15, 0.2) is 30.3 Å². The van der Waals surface area contributed by atoms with Crippen LogP contribution >= 0.6 is 0 Å². The summed E-state index contributed by atoms with van der Waals surface area (Å²) in [7, 11) is -2.12. The number of benzene rings is 1. The van der Waals surface area contributed by atoms with Crippen LogP contribution in [0.25, 0.3) is 0 Å². The van der Waals surface area contributed by atoms with Crippen LogP contribution in [-0.2, 0) is 28.1 Å². The van der Waals surface area contributed by atoms with E-state index < -0.39 is 19.9 Å². The zero-order chi connectivity index (χ0) is 32.8. The number of fused-ring (bicyclic) bond motifs is 5. The maximum atomic E-state index is 13.7. The quantitative estimate of drug-likeness (QED) is 0.235. The number of hydrogen-bond acceptors (Lipinski definition) is 7. The summed E-state index contributed by atoms with van der Waals surface area (Å²) in [5.74, 6) is 0.284. The van der Waals surface area contributed by atoms with Crippen LogP contribution in [0.4, 0.5) is 0 Å². The molecule has 6 unspecified atom stereocenters. The highest BCUT2D eigenvalue weighted by molar-refractivity contribution is 6.74. The number of esters is 1. The highest BCUT2D eigenvalue weighted by atomic mass is 28.4. The lowest BCUT2D eigenvalue weighted by atomic mass is 9.43. The van der Waals surface area contributed by atoms with Gasteiger partial charge in [-0.3, -0.25) is 0 Å². The third-order valence-corrected chi connectivity index (χ3v) is 18.9. The van der Waals surface area contributed by atoms with Gasteiger partial charge in [-0.05, 0) is 97.9 Å². The molecule has 4 aliphatic carbocycles. The average molecular weight is 655 g/mol. The maximum absolute atomic E-state index is 13.7. The molecule has 1 aromatic rings. The van der Waals surface area contributed by atoms with Gasteiger partial charge in [0, 0.05) is 30.8 Å². The molecule has 1 spiro atoms. The van der Waals surface area contributed by atoms with Crippen LogP contribution < -0.4 is 0 Å². The summed E-state index contributed by atoms with van der Waals surface area (Å²) in [5, 5.41) is 0.101. The van der Waals surface area contributed by atoms with Crippen molar-refractivity contribution in [1.82, 2.24) is 0 Å². The molecular weight excluding hydrogens is 596 g/mol. The first kappa shape index (κ1) is 33.2. The van der Waals surface area contributed by atoms with Gasteiger partial charge in [0.05, 0.1) is 32.0 Å². The molecule has 46 heavy (non-hydrogen) atoms. The highest BCUT2D eigenvalue weighted by Gasteiger charge is 2.70. The van der Waals surface area contributed by atoms with Crippen LogP contribution in [0.3, 0.4) is 0 Å². The number of rotatable bonds is 5. The van der Waals surface area contributed by atoms with Gasteiger partial charge in [-0.1, -0.05) is 52.8 Å². The molecule has 0 bridgehead atoms. The van der Waals surface area contributed by atoms with Crippen molar-refractivity contribution in [3.63, 3.8) is 0 Å². The molecule has 1 aromatic carbocycles. The second-order valence-corrected chi connectivity index (χ2v) is 22.5. The molecule has 0 amide bonds. The van der Waals surface area contributed by atoms with E-state index in [0.29, 0.717) is 55.7 Å². The summed E-state index contributed by atoms with van der Waals surface area (Å²) >= 11 is 0. The largest absolute Gasteiger partial charge is 0.458 e. The molecule has 256 valence electrons. The Hall–Kier alpha value is -1.29. The second kappa shape index (κ2) is 11.4. The lowest BCUT2D eigenvalue weighted by molar-refractivity contribution is -0.267. The van der Waals surface area contributed by atoms with Crippen molar-refractivity contribution in [2.24, 2.45) is 40.4 Å². The first-order chi connectivity index (χ1) is 21.6. The fourth-order valence-corrected chi connectivity index (χ4v) is 12.6. The molecule has 0 aromatic heterocycles. The topological polar surface area (TPSA) is 72.5 Å². The van der Waals surface area contributed by atoms with Crippen molar-refractivity contribution in [2.75, 3.05) is 26.4 Å². The first-order valence-corrected chi connectivity index (χ1v) is 21.0. The molecule has 2 aliphatic heterocycles. The van der Waals surface area contributed by atoms with Gasteiger partial charge in [0.25, 0.3) is 0 Å². The Bertz CT molecular complexity index is 1280. The molecule has 2 saturated heterocycles. The van der Waals surface area contributed by atoms with Gasteiger partial charge in [-0.2, -0.15) is 0 Å². The van der Waals surface area contributed by atoms with Gasteiger partial charge in [0.15, 0.2) is 19.9 Å². The van der Waals surface area contributed by atoms with Crippen LogP contribution in [-0.4, -0.2) is 64.5 Å². The van der Waals surface area contributed by atoms with Gasteiger partial charge in [0.1, 0.15) is 6.10 Å². The van der Waals surface area contributed by atoms with Gasteiger partial charge in [-0.25, -0.2) is 4.79 Å². The molecule has 7 nitrogen and oxygen atoms in total. The first-order valence-electron chi connectivity index (χ1n) is 18.1. The Morgan fingerprint density at radius 2 is 1.48 bits per heavy atom. The predicted molar refractivity (Wildman–Crippen MR) is 179 cm³/mol. The summed E-state index contributed by atoms with van der Waals surface area (Å²) in [6.45, 7) is 21.7. The van der Waals surface area contributed by atoms with E-state index in [1.807, 2.05) is 30.3 Å². The highest BCUT2D eigenvalue weighted by Crippen LogP contribution is 2.71. The van der Waals surface area contributed by atoms with E-state index in [2.05, 4.69) is 54.6 Å².